The minimum absolute atomic E-state index is 0.213. The summed E-state index contributed by atoms with van der Waals surface area (Å²) in [5.41, 5.74) is 5.84. The van der Waals surface area contributed by atoms with Gasteiger partial charge in [-0.1, -0.05) is 5.16 Å². The normalized spacial score (nSPS) is 10.3. The molecule has 90 valence electrons. The number of ether oxygens (including phenoxy) is 2. The number of anilines is 1. The first kappa shape index (κ1) is 11.3. The van der Waals surface area contributed by atoms with Gasteiger partial charge in [-0.2, -0.15) is 0 Å². The van der Waals surface area contributed by atoms with Crippen LogP contribution in [0.1, 0.15) is 0 Å². The molecular formula is C11H11FN2O3. The topological polar surface area (TPSA) is 70.5 Å². The molecule has 0 aliphatic carbocycles. The highest BCUT2D eigenvalue weighted by Gasteiger charge is 2.17. The number of aromatic nitrogens is 1. The zero-order chi connectivity index (χ0) is 12.4. The maximum absolute atomic E-state index is 13.4. The highest BCUT2D eigenvalue weighted by atomic mass is 19.1. The van der Waals surface area contributed by atoms with Gasteiger partial charge in [0.25, 0.3) is 0 Å². The van der Waals surface area contributed by atoms with Gasteiger partial charge in [0.05, 0.1) is 19.8 Å². The molecule has 0 saturated carbocycles. The molecule has 2 rings (SSSR count). The van der Waals surface area contributed by atoms with Crippen LogP contribution in [0, 0.1) is 5.82 Å². The van der Waals surface area contributed by atoms with Crippen LogP contribution in [0.4, 0.5) is 10.2 Å². The molecule has 1 aromatic heterocycles. The van der Waals surface area contributed by atoms with Gasteiger partial charge in [0, 0.05) is 12.1 Å². The van der Waals surface area contributed by atoms with Crippen molar-refractivity contribution in [3.8, 4) is 22.8 Å². The van der Waals surface area contributed by atoms with Crippen LogP contribution in [-0.4, -0.2) is 19.4 Å². The molecule has 0 bridgehead atoms. The summed E-state index contributed by atoms with van der Waals surface area (Å²) in [5.74, 6) is 0.706. The van der Waals surface area contributed by atoms with Gasteiger partial charge in [0.2, 0.25) is 0 Å². The number of methoxy groups -OCH3 is 2. The Morgan fingerprint density at radius 1 is 1.24 bits per heavy atom. The van der Waals surface area contributed by atoms with E-state index in [-0.39, 0.29) is 11.6 Å². The maximum Gasteiger partial charge on any atom is 0.173 e. The number of halogens is 1. The summed E-state index contributed by atoms with van der Waals surface area (Å²) >= 11 is 0. The van der Waals surface area contributed by atoms with E-state index in [1.165, 1.54) is 32.4 Å². The lowest BCUT2D eigenvalue weighted by molar-refractivity contribution is 0.351. The van der Waals surface area contributed by atoms with E-state index < -0.39 is 5.82 Å². The highest BCUT2D eigenvalue weighted by Crippen LogP contribution is 2.39. The van der Waals surface area contributed by atoms with E-state index in [1.54, 1.807) is 0 Å². The molecule has 2 N–H and O–H groups in total. The van der Waals surface area contributed by atoms with Crippen LogP contribution in [0.15, 0.2) is 22.7 Å². The van der Waals surface area contributed by atoms with Crippen LogP contribution in [-0.2, 0) is 0 Å². The first-order valence-electron chi connectivity index (χ1n) is 4.79. The summed E-state index contributed by atoms with van der Waals surface area (Å²) in [6.45, 7) is 0. The molecule has 5 nitrogen and oxygen atoms in total. The van der Waals surface area contributed by atoms with Crippen LogP contribution in [0.2, 0.25) is 0 Å². The second kappa shape index (κ2) is 4.32. The number of hydrogen-bond donors (Lipinski definition) is 1. The SMILES string of the molecule is COc1cc(F)cc(-c2cc(N)no2)c1OC. The van der Waals surface area contributed by atoms with Gasteiger partial charge >= 0.3 is 0 Å². The number of hydrogen-bond acceptors (Lipinski definition) is 5. The predicted molar refractivity (Wildman–Crippen MR) is 59.4 cm³/mol. The maximum atomic E-state index is 13.4. The Morgan fingerprint density at radius 3 is 2.53 bits per heavy atom. The van der Waals surface area contributed by atoms with Crippen molar-refractivity contribution in [1.29, 1.82) is 0 Å². The molecule has 2 aromatic rings. The minimum Gasteiger partial charge on any atom is -0.493 e. The van der Waals surface area contributed by atoms with Crippen LogP contribution >= 0.6 is 0 Å². The zero-order valence-corrected chi connectivity index (χ0v) is 9.36. The average molecular weight is 238 g/mol. The lowest BCUT2D eigenvalue weighted by atomic mass is 10.1. The quantitative estimate of drug-likeness (QED) is 0.886. The Hall–Kier alpha value is -2.24. The van der Waals surface area contributed by atoms with E-state index in [9.17, 15) is 4.39 Å². The predicted octanol–water partition coefficient (Wildman–Crippen LogP) is 2.08. The Balaban J connectivity index is 2.63. The number of benzene rings is 1. The molecule has 6 heteroatoms. The third kappa shape index (κ3) is 2.01. The molecule has 0 saturated heterocycles. The van der Waals surface area contributed by atoms with Gasteiger partial charge in [-0.15, -0.1) is 0 Å². The summed E-state index contributed by atoms with van der Waals surface area (Å²) in [7, 11) is 2.88. The number of nitrogens with two attached hydrogens (primary N) is 1. The van der Waals surface area contributed by atoms with Crippen molar-refractivity contribution in [3.63, 3.8) is 0 Å². The Kier molecular flexibility index (Phi) is 2.86. The second-order valence-electron chi connectivity index (χ2n) is 3.30. The fourth-order valence-electron chi connectivity index (χ4n) is 1.53. The van der Waals surface area contributed by atoms with Crippen molar-refractivity contribution < 1.29 is 18.4 Å². The first-order chi connectivity index (χ1) is 8.15. The lowest BCUT2D eigenvalue weighted by Gasteiger charge is -2.10. The molecule has 0 spiro atoms. The third-order valence-corrected chi connectivity index (χ3v) is 2.24. The van der Waals surface area contributed by atoms with Gasteiger partial charge in [-0.05, 0) is 6.07 Å². The van der Waals surface area contributed by atoms with Gasteiger partial charge in [0.1, 0.15) is 5.82 Å². The molecule has 0 aliphatic heterocycles. The first-order valence-corrected chi connectivity index (χ1v) is 4.79. The van der Waals surface area contributed by atoms with Crippen LogP contribution < -0.4 is 15.2 Å². The molecule has 0 aliphatic rings. The van der Waals surface area contributed by atoms with Gasteiger partial charge < -0.3 is 19.7 Å². The highest BCUT2D eigenvalue weighted by molar-refractivity contribution is 5.71. The fraction of sp³-hybridized carbons (Fsp3) is 0.182. The summed E-state index contributed by atoms with van der Waals surface area (Å²) in [5, 5.41) is 3.54. The largest absolute Gasteiger partial charge is 0.493 e. The van der Waals surface area contributed by atoms with Crippen LogP contribution in [0.25, 0.3) is 11.3 Å². The van der Waals surface area contributed by atoms with Crippen LogP contribution in [0.5, 0.6) is 11.5 Å². The number of rotatable bonds is 3. The zero-order valence-electron chi connectivity index (χ0n) is 9.36. The molecule has 0 unspecified atom stereocenters. The Labute approximate surface area is 96.9 Å². The lowest BCUT2D eigenvalue weighted by Crippen LogP contribution is -1.94. The van der Waals surface area contributed by atoms with Gasteiger partial charge in [-0.25, -0.2) is 4.39 Å². The Bertz CT molecular complexity index is 540. The van der Waals surface area contributed by atoms with E-state index in [4.69, 9.17) is 19.7 Å². The third-order valence-electron chi connectivity index (χ3n) is 2.24. The number of nitrogen functional groups attached to an aromatic ring is 1. The van der Waals surface area contributed by atoms with E-state index in [0.717, 1.165) is 0 Å². The second-order valence-corrected chi connectivity index (χ2v) is 3.30. The molecule has 0 amide bonds. The average Bonchev–Trinajstić information content (AvgIpc) is 2.74. The molecule has 1 heterocycles. The van der Waals surface area contributed by atoms with E-state index in [0.29, 0.717) is 17.1 Å². The van der Waals surface area contributed by atoms with Crippen molar-refractivity contribution in [1.82, 2.24) is 5.16 Å². The van der Waals surface area contributed by atoms with E-state index in [1.807, 2.05) is 0 Å². The standard InChI is InChI=1S/C11H11FN2O3/c1-15-9-4-6(12)3-7(11(9)16-2)8-5-10(13)14-17-8/h3-5H,1-2H3,(H2,13,14). The molecule has 1 aromatic carbocycles. The monoisotopic (exact) mass is 238 g/mol. The van der Waals surface area contributed by atoms with Crippen LogP contribution in [0.3, 0.4) is 0 Å². The van der Waals surface area contributed by atoms with Crippen molar-refractivity contribution >= 4 is 5.82 Å². The minimum atomic E-state index is -0.465. The summed E-state index contributed by atoms with van der Waals surface area (Å²) in [4.78, 5) is 0. The van der Waals surface area contributed by atoms with Crippen molar-refractivity contribution in [2.45, 2.75) is 0 Å². The van der Waals surface area contributed by atoms with E-state index in [2.05, 4.69) is 5.16 Å². The summed E-state index contributed by atoms with van der Waals surface area (Å²) in [6, 6.07) is 3.97. The summed E-state index contributed by atoms with van der Waals surface area (Å²) < 4.78 is 28.6. The van der Waals surface area contributed by atoms with E-state index >= 15 is 0 Å². The Morgan fingerprint density at radius 2 is 2.00 bits per heavy atom. The van der Waals surface area contributed by atoms with Gasteiger partial charge in [-0.3, -0.25) is 0 Å². The molecule has 0 atom stereocenters. The molecule has 0 radical (unpaired) electrons. The van der Waals surface area contributed by atoms with Crippen molar-refractivity contribution in [3.05, 3.63) is 24.0 Å². The fourth-order valence-corrected chi connectivity index (χ4v) is 1.53. The summed E-state index contributed by atoms with van der Waals surface area (Å²) in [6.07, 6.45) is 0. The molecule has 17 heavy (non-hydrogen) atoms. The smallest absolute Gasteiger partial charge is 0.173 e. The number of nitrogens with zero attached hydrogens (tertiary/aromatic N) is 1. The van der Waals surface area contributed by atoms with Crippen molar-refractivity contribution in [2.24, 2.45) is 0 Å². The van der Waals surface area contributed by atoms with Gasteiger partial charge in [0.15, 0.2) is 23.1 Å². The van der Waals surface area contributed by atoms with Crippen molar-refractivity contribution in [2.75, 3.05) is 20.0 Å². The molecule has 0 fully saturated rings. The molecular weight excluding hydrogens is 227 g/mol.